The number of halogens is 1. The van der Waals surface area contributed by atoms with Gasteiger partial charge < -0.3 is 10.4 Å². The van der Waals surface area contributed by atoms with Crippen LogP contribution in [-0.2, 0) is 0 Å². The fourth-order valence-electron chi connectivity index (χ4n) is 2.82. The lowest BCUT2D eigenvalue weighted by atomic mass is 9.78. The first-order valence-corrected chi connectivity index (χ1v) is 7.71. The largest absolute Gasteiger partial charge is 0.388 e. The number of hydrogen-bond acceptors (Lipinski definition) is 4. The maximum absolute atomic E-state index is 10.7. The minimum absolute atomic E-state index is 0.0345. The van der Waals surface area contributed by atoms with E-state index in [1.807, 2.05) is 0 Å². The molecule has 1 aliphatic rings. The number of anilines is 1. The molecule has 1 aliphatic carbocycles. The molecule has 0 aliphatic heterocycles. The molecule has 0 amide bonds. The molecule has 0 heterocycles. The molecule has 0 radical (unpaired) electrons. The normalized spacial score (nSPS) is 25.6. The minimum atomic E-state index is -0.712. The summed E-state index contributed by atoms with van der Waals surface area (Å²) in [5.74, 6) is 0.716. The van der Waals surface area contributed by atoms with Crippen molar-refractivity contribution in [1.82, 2.24) is 0 Å². The Morgan fingerprint density at radius 3 is 2.67 bits per heavy atom. The summed E-state index contributed by atoms with van der Waals surface area (Å²) in [6.07, 6.45) is 4.81. The van der Waals surface area contributed by atoms with Crippen molar-refractivity contribution in [2.45, 2.75) is 44.6 Å². The van der Waals surface area contributed by atoms with Crippen molar-refractivity contribution in [2.24, 2.45) is 5.92 Å². The summed E-state index contributed by atoms with van der Waals surface area (Å²) < 4.78 is 0. The summed E-state index contributed by atoms with van der Waals surface area (Å²) in [5, 5.41) is 24.7. The van der Waals surface area contributed by atoms with Gasteiger partial charge in [0.25, 0.3) is 5.69 Å². The van der Waals surface area contributed by atoms with Crippen molar-refractivity contribution in [1.29, 1.82) is 0 Å². The molecule has 0 spiro atoms. The van der Waals surface area contributed by atoms with E-state index in [2.05, 4.69) is 12.2 Å². The van der Waals surface area contributed by atoms with Gasteiger partial charge in [-0.3, -0.25) is 10.1 Å². The third-order valence-corrected chi connectivity index (χ3v) is 4.70. The second-order valence-corrected chi connectivity index (χ2v) is 6.26. The molecule has 1 aromatic carbocycles. The lowest BCUT2D eigenvalue weighted by molar-refractivity contribution is -0.384. The topological polar surface area (TPSA) is 75.4 Å². The SMILES string of the molecule is CCC1CCC(O)(CNc2ccc([N+](=O)[O-])cc2Cl)CC1. The van der Waals surface area contributed by atoms with Crippen LogP contribution in [0.5, 0.6) is 0 Å². The van der Waals surface area contributed by atoms with Gasteiger partial charge in [0.1, 0.15) is 0 Å². The first-order chi connectivity index (χ1) is 9.93. The van der Waals surface area contributed by atoms with Crippen molar-refractivity contribution in [3.63, 3.8) is 0 Å². The number of benzene rings is 1. The number of hydrogen-bond donors (Lipinski definition) is 2. The van der Waals surface area contributed by atoms with E-state index in [0.717, 1.165) is 32.1 Å². The molecule has 116 valence electrons. The quantitative estimate of drug-likeness (QED) is 0.636. The Kier molecular flexibility index (Phi) is 5.06. The highest BCUT2D eigenvalue weighted by Crippen LogP contribution is 2.34. The molecule has 1 aromatic rings. The van der Waals surface area contributed by atoms with Gasteiger partial charge in [-0.2, -0.15) is 0 Å². The summed E-state index contributed by atoms with van der Waals surface area (Å²) in [4.78, 5) is 10.2. The van der Waals surface area contributed by atoms with Crippen LogP contribution >= 0.6 is 11.6 Å². The Morgan fingerprint density at radius 1 is 1.48 bits per heavy atom. The predicted molar refractivity (Wildman–Crippen MR) is 83.8 cm³/mol. The highest BCUT2D eigenvalue weighted by molar-refractivity contribution is 6.33. The lowest BCUT2D eigenvalue weighted by Crippen LogP contribution is -2.40. The van der Waals surface area contributed by atoms with Gasteiger partial charge in [0, 0.05) is 18.7 Å². The van der Waals surface area contributed by atoms with Crippen LogP contribution in [0.15, 0.2) is 18.2 Å². The fraction of sp³-hybridized carbons (Fsp3) is 0.600. The standard InChI is InChI=1S/C15H21ClN2O3/c1-2-11-5-7-15(19,8-6-11)10-17-14-4-3-12(18(20)21)9-13(14)16/h3-4,9,11,17,19H,2,5-8,10H2,1H3. The van der Waals surface area contributed by atoms with Crippen LogP contribution < -0.4 is 5.32 Å². The van der Waals surface area contributed by atoms with Gasteiger partial charge in [-0.15, -0.1) is 0 Å². The van der Waals surface area contributed by atoms with Crippen LogP contribution in [-0.4, -0.2) is 22.2 Å². The molecule has 0 bridgehead atoms. The monoisotopic (exact) mass is 312 g/mol. The van der Waals surface area contributed by atoms with Crippen molar-refractivity contribution in [2.75, 3.05) is 11.9 Å². The number of non-ortho nitro benzene ring substituents is 1. The zero-order chi connectivity index (χ0) is 15.5. The van der Waals surface area contributed by atoms with E-state index >= 15 is 0 Å². The number of nitro groups is 1. The Labute approximate surface area is 129 Å². The molecule has 6 heteroatoms. The zero-order valence-corrected chi connectivity index (χ0v) is 12.9. The summed E-state index contributed by atoms with van der Waals surface area (Å²) in [6, 6.07) is 4.32. The Hall–Kier alpha value is -1.33. The van der Waals surface area contributed by atoms with Crippen LogP contribution in [0.25, 0.3) is 0 Å². The predicted octanol–water partition coefficient (Wildman–Crippen LogP) is 3.99. The average molecular weight is 313 g/mol. The number of aliphatic hydroxyl groups is 1. The molecule has 1 saturated carbocycles. The number of nitrogens with zero attached hydrogens (tertiary/aromatic N) is 1. The van der Waals surface area contributed by atoms with Crippen molar-refractivity contribution in [3.8, 4) is 0 Å². The second-order valence-electron chi connectivity index (χ2n) is 5.85. The maximum atomic E-state index is 10.7. The first kappa shape index (κ1) is 16.0. The molecular formula is C15H21ClN2O3. The van der Waals surface area contributed by atoms with Gasteiger partial charge in [-0.1, -0.05) is 24.9 Å². The molecule has 0 aromatic heterocycles. The minimum Gasteiger partial charge on any atom is -0.388 e. The summed E-state index contributed by atoms with van der Waals surface area (Å²) in [6.45, 7) is 2.60. The van der Waals surface area contributed by atoms with Gasteiger partial charge in [0.15, 0.2) is 0 Å². The van der Waals surface area contributed by atoms with Gasteiger partial charge >= 0.3 is 0 Å². The summed E-state index contributed by atoms with van der Waals surface area (Å²) in [7, 11) is 0. The number of nitro benzene ring substituents is 1. The van der Waals surface area contributed by atoms with Crippen molar-refractivity contribution < 1.29 is 10.0 Å². The van der Waals surface area contributed by atoms with Gasteiger partial charge in [0.05, 0.1) is 21.2 Å². The molecule has 0 unspecified atom stereocenters. The zero-order valence-electron chi connectivity index (χ0n) is 12.1. The van der Waals surface area contributed by atoms with Crippen molar-refractivity contribution in [3.05, 3.63) is 33.3 Å². The average Bonchev–Trinajstić information content (AvgIpc) is 2.46. The van der Waals surface area contributed by atoms with E-state index in [-0.39, 0.29) is 5.69 Å². The summed E-state index contributed by atoms with van der Waals surface area (Å²) >= 11 is 6.03. The molecule has 0 saturated heterocycles. The van der Waals surface area contributed by atoms with Gasteiger partial charge in [0.2, 0.25) is 0 Å². The van der Waals surface area contributed by atoms with E-state index in [1.54, 1.807) is 6.07 Å². The highest BCUT2D eigenvalue weighted by atomic mass is 35.5. The number of nitrogens with one attached hydrogen (secondary N) is 1. The second kappa shape index (κ2) is 6.62. The molecule has 1 fully saturated rings. The van der Waals surface area contributed by atoms with Crippen LogP contribution in [0.1, 0.15) is 39.0 Å². The third kappa shape index (κ3) is 4.08. The number of rotatable bonds is 5. The Morgan fingerprint density at radius 2 is 2.14 bits per heavy atom. The lowest BCUT2D eigenvalue weighted by Gasteiger charge is -2.36. The fourth-order valence-corrected chi connectivity index (χ4v) is 3.06. The smallest absolute Gasteiger partial charge is 0.271 e. The van der Waals surface area contributed by atoms with Gasteiger partial charge in [-0.05, 0) is 37.7 Å². The Bertz CT molecular complexity index is 514. The highest BCUT2D eigenvalue weighted by Gasteiger charge is 2.32. The molecule has 2 N–H and O–H groups in total. The van der Waals surface area contributed by atoms with Crippen LogP contribution in [0.4, 0.5) is 11.4 Å². The van der Waals surface area contributed by atoms with Crippen LogP contribution in [0, 0.1) is 16.0 Å². The van der Waals surface area contributed by atoms with E-state index in [0.29, 0.717) is 23.2 Å². The van der Waals surface area contributed by atoms with E-state index < -0.39 is 10.5 Å². The summed E-state index contributed by atoms with van der Waals surface area (Å²) in [5.41, 5.74) is -0.127. The third-order valence-electron chi connectivity index (χ3n) is 4.38. The van der Waals surface area contributed by atoms with E-state index in [4.69, 9.17) is 11.6 Å². The van der Waals surface area contributed by atoms with Crippen molar-refractivity contribution >= 4 is 23.0 Å². The van der Waals surface area contributed by atoms with E-state index in [9.17, 15) is 15.2 Å². The molecule has 5 nitrogen and oxygen atoms in total. The van der Waals surface area contributed by atoms with Crippen LogP contribution in [0.3, 0.4) is 0 Å². The van der Waals surface area contributed by atoms with Crippen LogP contribution in [0.2, 0.25) is 5.02 Å². The molecular weight excluding hydrogens is 292 g/mol. The molecule has 2 rings (SSSR count). The maximum Gasteiger partial charge on any atom is 0.271 e. The Balaban J connectivity index is 1.95. The first-order valence-electron chi connectivity index (χ1n) is 7.34. The molecule has 0 atom stereocenters. The van der Waals surface area contributed by atoms with E-state index in [1.165, 1.54) is 12.1 Å². The van der Waals surface area contributed by atoms with Gasteiger partial charge in [-0.25, -0.2) is 0 Å². The molecule has 21 heavy (non-hydrogen) atoms.